The first-order valence-corrected chi connectivity index (χ1v) is 14.4. The molecule has 0 radical (unpaired) electrons. The zero-order chi connectivity index (χ0) is 15.5. The second-order valence-corrected chi connectivity index (χ2v) is 15.7. The second kappa shape index (κ2) is 7.47. The first kappa shape index (κ1) is 16.5. The summed E-state index contributed by atoms with van der Waals surface area (Å²) in [7, 11) is 0. The van der Waals surface area contributed by atoms with Gasteiger partial charge in [-0.05, 0) is 0 Å². The molecule has 0 N–H and O–H groups in total. The number of rotatable bonds is 6. The Morgan fingerprint density at radius 3 is 1.23 bits per heavy atom. The van der Waals surface area contributed by atoms with Gasteiger partial charge in [0.05, 0.1) is 0 Å². The van der Waals surface area contributed by atoms with E-state index in [0.29, 0.717) is 0 Å². The van der Waals surface area contributed by atoms with E-state index < -0.39 is 30.0 Å². The van der Waals surface area contributed by atoms with Crippen LogP contribution >= 0.6 is 0 Å². The summed E-state index contributed by atoms with van der Waals surface area (Å²) in [5, 5.41) is 0. The summed E-state index contributed by atoms with van der Waals surface area (Å²) < 4.78 is 5.70. The zero-order valence-corrected chi connectivity index (χ0v) is 17.9. The fourth-order valence-electron chi connectivity index (χ4n) is 4.27. The normalized spacial score (nSPS) is 20.3. The van der Waals surface area contributed by atoms with Crippen molar-refractivity contribution in [2.24, 2.45) is 0 Å². The maximum absolute atomic E-state index is 2.42. The summed E-state index contributed by atoms with van der Waals surface area (Å²) in [5.41, 5.74) is 5.03. The summed E-state index contributed by atoms with van der Waals surface area (Å²) >= 11 is -2.20. The minimum atomic E-state index is -2.20. The molecule has 0 aromatic heterocycles. The fraction of sp³-hybridized carbons (Fsp3) is 0.429. The topological polar surface area (TPSA) is 0 Å². The Kier molecular flexibility index (Phi) is 5.60. The van der Waals surface area contributed by atoms with Crippen LogP contribution in [0.4, 0.5) is 0 Å². The molecule has 0 spiro atoms. The van der Waals surface area contributed by atoms with Gasteiger partial charge in [-0.2, -0.15) is 0 Å². The van der Waals surface area contributed by atoms with Crippen molar-refractivity contribution in [2.75, 3.05) is 0 Å². The van der Waals surface area contributed by atoms with Gasteiger partial charge in [0.25, 0.3) is 0 Å². The molecule has 114 valence electrons. The van der Waals surface area contributed by atoms with Crippen molar-refractivity contribution < 1.29 is 30.0 Å². The molecule has 0 aromatic rings. The van der Waals surface area contributed by atoms with Crippen LogP contribution in [0.1, 0.15) is 59.3 Å². The Bertz CT molecular complexity index is 544. The van der Waals surface area contributed by atoms with Crippen LogP contribution < -0.4 is 0 Å². The van der Waals surface area contributed by atoms with Crippen molar-refractivity contribution in [2.45, 2.75) is 59.3 Å². The van der Waals surface area contributed by atoms with Crippen LogP contribution in [0.15, 0.2) is 59.1 Å². The molecule has 3 rings (SSSR count). The first-order chi connectivity index (χ1) is 10.8. The monoisotopic (exact) mass is 418 g/mol. The Morgan fingerprint density at radius 2 is 0.955 bits per heavy atom. The molecular formula is C21H27La. The van der Waals surface area contributed by atoms with E-state index in [1.54, 1.807) is 16.7 Å². The summed E-state index contributed by atoms with van der Waals surface area (Å²) in [5.74, 6) is 0. The standard InChI is InChI=1S/3C7H9.La/c3*1-2-7-5-3-4-6-7;/h3*3,5H,2,4H2,1H3;. The molecule has 3 aliphatic carbocycles. The quantitative estimate of drug-likeness (QED) is 0.463. The average Bonchev–Trinajstić information content (AvgIpc) is 3.28. The van der Waals surface area contributed by atoms with Crippen LogP contribution in [0, 0.1) is 30.0 Å². The fourth-order valence-corrected chi connectivity index (χ4v) is 18.1. The van der Waals surface area contributed by atoms with Crippen LogP contribution in [-0.4, -0.2) is 0 Å². The average molecular weight is 418 g/mol. The first-order valence-electron chi connectivity index (χ1n) is 8.95. The van der Waals surface area contributed by atoms with Gasteiger partial charge in [-0.1, -0.05) is 0 Å². The van der Waals surface area contributed by atoms with E-state index in [1.807, 2.05) is 5.93 Å². The Labute approximate surface area is 147 Å². The molecule has 0 heterocycles. The molecule has 0 saturated heterocycles. The van der Waals surface area contributed by atoms with Crippen LogP contribution in [0.2, 0.25) is 0 Å². The van der Waals surface area contributed by atoms with Crippen molar-refractivity contribution in [1.29, 1.82) is 0 Å². The van der Waals surface area contributed by atoms with E-state index in [2.05, 4.69) is 57.2 Å². The molecule has 1 heteroatoms. The van der Waals surface area contributed by atoms with Gasteiger partial charge in [0.15, 0.2) is 0 Å². The van der Waals surface area contributed by atoms with Crippen LogP contribution in [0.5, 0.6) is 0 Å². The summed E-state index contributed by atoms with van der Waals surface area (Å²) in [6.07, 6.45) is 21.9. The SMILES string of the molecule is CCC1=[C]([La]([C]2=C(CC)C=CC2)[C]2=C(CC)C=CC2)CC=C1. The Hall–Kier alpha value is -0.365. The van der Waals surface area contributed by atoms with E-state index in [-0.39, 0.29) is 0 Å². The van der Waals surface area contributed by atoms with Crippen LogP contribution in [0.3, 0.4) is 0 Å². The summed E-state index contributed by atoms with van der Waals surface area (Å²) in [6, 6.07) is 0. The summed E-state index contributed by atoms with van der Waals surface area (Å²) in [4.78, 5) is 0. The molecule has 22 heavy (non-hydrogen) atoms. The van der Waals surface area contributed by atoms with Crippen molar-refractivity contribution in [1.82, 2.24) is 0 Å². The molecule has 0 atom stereocenters. The number of hydrogen-bond acceptors (Lipinski definition) is 0. The Balaban J connectivity index is 2.09. The maximum atomic E-state index is 2.42. The predicted molar refractivity (Wildman–Crippen MR) is 93.2 cm³/mol. The number of allylic oxidation sites excluding steroid dienone is 12. The zero-order valence-electron chi connectivity index (χ0n) is 14.3. The van der Waals surface area contributed by atoms with Gasteiger partial charge < -0.3 is 0 Å². The van der Waals surface area contributed by atoms with Crippen molar-refractivity contribution >= 4 is 0 Å². The van der Waals surface area contributed by atoms with Crippen molar-refractivity contribution in [3.63, 3.8) is 0 Å². The van der Waals surface area contributed by atoms with Gasteiger partial charge in [-0.25, -0.2) is 0 Å². The van der Waals surface area contributed by atoms with E-state index >= 15 is 0 Å². The van der Waals surface area contributed by atoms with E-state index in [4.69, 9.17) is 0 Å². The van der Waals surface area contributed by atoms with Crippen LogP contribution in [-0.2, 0) is 0 Å². The van der Waals surface area contributed by atoms with E-state index in [0.717, 1.165) is 0 Å². The third kappa shape index (κ3) is 3.00. The van der Waals surface area contributed by atoms with Gasteiger partial charge in [0.1, 0.15) is 0 Å². The third-order valence-electron chi connectivity index (χ3n) is 5.40. The Morgan fingerprint density at radius 1 is 0.636 bits per heavy atom. The van der Waals surface area contributed by atoms with Gasteiger partial charge in [-0.15, -0.1) is 0 Å². The van der Waals surface area contributed by atoms with Crippen LogP contribution in [0.25, 0.3) is 0 Å². The molecule has 0 saturated carbocycles. The van der Waals surface area contributed by atoms with E-state index in [9.17, 15) is 0 Å². The van der Waals surface area contributed by atoms with Gasteiger partial charge in [0, 0.05) is 0 Å². The third-order valence-corrected chi connectivity index (χ3v) is 17.7. The summed E-state index contributed by atoms with van der Waals surface area (Å²) in [6.45, 7) is 7.00. The minimum absolute atomic E-state index is 1.21. The molecule has 3 aliphatic rings. The molecule has 0 aromatic carbocycles. The van der Waals surface area contributed by atoms with Crippen molar-refractivity contribution in [3.05, 3.63) is 59.1 Å². The van der Waals surface area contributed by atoms with Gasteiger partial charge in [-0.3, -0.25) is 0 Å². The molecule has 0 aliphatic heterocycles. The van der Waals surface area contributed by atoms with Gasteiger partial charge >= 0.3 is 148 Å². The molecular weight excluding hydrogens is 391 g/mol. The second-order valence-electron chi connectivity index (χ2n) is 6.46. The van der Waals surface area contributed by atoms with E-state index in [1.165, 1.54) is 38.5 Å². The molecule has 0 amide bonds. The molecule has 0 fully saturated rings. The molecule has 0 bridgehead atoms. The van der Waals surface area contributed by atoms with Crippen molar-refractivity contribution in [3.8, 4) is 0 Å². The molecule has 0 nitrogen and oxygen atoms in total. The number of hydrogen-bond donors (Lipinski definition) is 0. The van der Waals surface area contributed by atoms with Gasteiger partial charge in [0.2, 0.25) is 0 Å². The predicted octanol–water partition coefficient (Wildman–Crippen LogP) is 6.48. The molecule has 0 unspecified atom stereocenters.